The van der Waals surface area contributed by atoms with E-state index in [1.165, 1.54) is 6.42 Å². The maximum atomic E-state index is 6.13. The molecule has 2 atom stereocenters. The Kier molecular flexibility index (Phi) is 4.52. The minimum Gasteiger partial charge on any atom is -0.490 e. The van der Waals surface area contributed by atoms with E-state index >= 15 is 0 Å². The lowest BCUT2D eigenvalue weighted by Crippen LogP contribution is -2.28. The fraction of sp³-hybridized carbons (Fsp3) is 0.600. The van der Waals surface area contributed by atoms with Crippen LogP contribution in [0, 0.1) is 11.8 Å². The van der Waals surface area contributed by atoms with E-state index in [4.69, 9.17) is 22.1 Å². The summed E-state index contributed by atoms with van der Waals surface area (Å²) in [5, 5.41) is 0.716. The average molecular weight is 268 g/mol. The van der Waals surface area contributed by atoms with Crippen molar-refractivity contribution in [3.05, 3.63) is 28.8 Å². The third-order valence-electron chi connectivity index (χ3n) is 3.67. The van der Waals surface area contributed by atoms with Crippen LogP contribution in [0.5, 0.6) is 5.75 Å². The zero-order valence-corrected chi connectivity index (χ0v) is 11.9. The lowest BCUT2D eigenvalue weighted by Gasteiger charge is -2.32. The molecule has 0 bridgehead atoms. The summed E-state index contributed by atoms with van der Waals surface area (Å²) in [6.07, 6.45) is 3.90. The largest absolute Gasteiger partial charge is 0.490 e. The summed E-state index contributed by atoms with van der Waals surface area (Å²) in [6.45, 7) is 5.07. The molecule has 1 saturated carbocycles. The van der Waals surface area contributed by atoms with Crippen LogP contribution in [0.3, 0.4) is 0 Å². The van der Waals surface area contributed by atoms with Crippen molar-refractivity contribution < 1.29 is 4.74 Å². The molecule has 0 aliphatic heterocycles. The van der Waals surface area contributed by atoms with Crippen LogP contribution in [0.25, 0.3) is 0 Å². The van der Waals surface area contributed by atoms with Gasteiger partial charge in [-0.05, 0) is 49.3 Å². The van der Waals surface area contributed by atoms with Gasteiger partial charge in [0.05, 0.1) is 6.10 Å². The quantitative estimate of drug-likeness (QED) is 0.898. The van der Waals surface area contributed by atoms with Crippen molar-refractivity contribution in [3.63, 3.8) is 0 Å². The second-order valence-corrected chi connectivity index (χ2v) is 6.05. The van der Waals surface area contributed by atoms with E-state index in [0.29, 0.717) is 17.7 Å². The first-order valence-corrected chi connectivity index (χ1v) is 7.11. The predicted molar refractivity (Wildman–Crippen MR) is 75.9 cm³/mol. The molecular formula is C15H22ClNO. The molecule has 0 spiro atoms. The van der Waals surface area contributed by atoms with Crippen LogP contribution in [-0.2, 0) is 6.54 Å². The summed E-state index contributed by atoms with van der Waals surface area (Å²) in [6, 6.07) is 5.70. The van der Waals surface area contributed by atoms with Gasteiger partial charge in [-0.3, -0.25) is 0 Å². The van der Waals surface area contributed by atoms with Gasteiger partial charge in [-0.15, -0.1) is 0 Å². The van der Waals surface area contributed by atoms with E-state index in [9.17, 15) is 0 Å². The van der Waals surface area contributed by atoms with E-state index in [2.05, 4.69) is 13.8 Å². The van der Waals surface area contributed by atoms with Gasteiger partial charge in [0, 0.05) is 17.1 Å². The Morgan fingerprint density at radius 3 is 2.50 bits per heavy atom. The van der Waals surface area contributed by atoms with Gasteiger partial charge >= 0.3 is 0 Å². The summed E-state index contributed by atoms with van der Waals surface area (Å²) in [4.78, 5) is 0. The third kappa shape index (κ3) is 3.39. The molecular weight excluding hydrogens is 246 g/mol. The zero-order chi connectivity index (χ0) is 13.1. The first-order valence-electron chi connectivity index (χ1n) is 6.73. The highest BCUT2D eigenvalue weighted by atomic mass is 35.5. The summed E-state index contributed by atoms with van der Waals surface area (Å²) >= 11 is 5.97. The maximum Gasteiger partial charge on any atom is 0.124 e. The SMILES string of the molecule is CC1CC(C)CC(Oc2ccc(Cl)cc2CN)C1. The highest BCUT2D eigenvalue weighted by Crippen LogP contribution is 2.32. The molecule has 0 aromatic heterocycles. The van der Waals surface area contributed by atoms with Crippen LogP contribution in [0.2, 0.25) is 5.02 Å². The van der Waals surface area contributed by atoms with Crippen LogP contribution in [-0.4, -0.2) is 6.10 Å². The smallest absolute Gasteiger partial charge is 0.124 e. The normalized spacial score (nSPS) is 28.1. The molecule has 3 heteroatoms. The van der Waals surface area contributed by atoms with Gasteiger partial charge in [0.15, 0.2) is 0 Å². The molecule has 0 saturated heterocycles. The number of halogens is 1. The highest BCUT2D eigenvalue weighted by molar-refractivity contribution is 6.30. The molecule has 0 radical (unpaired) electrons. The molecule has 0 amide bonds. The van der Waals surface area contributed by atoms with Crippen molar-refractivity contribution in [2.45, 2.75) is 45.8 Å². The Bertz CT molecular complexity index is 397. The van der Waals surface area contributed by atoms with Crippen LogP contribution >= 0.6 is 11.6 Å². The van der Waals surface area contributed by atoms with Crippen molar-refractivity contribution in [1.29, 1.82) is 0 Å². The molecule has 1 aromatic carbocycles. The van der Waals surface area contributed by atoms with Crippen LogP contribution < -0.4 is 10.5 Å². The maximum absolute atomic E-state index is 6.13. The van der Waals surface area contributed by atoms with Gasteiger partial charge in [0.1, 0.15) is 5.75 Å². The Labute approximate surface area is 114 Å². The highest BCUT2D eigenvalue weighted by Gasteiger charge is 2.25. The van der Waals surface area contributed by atoms with E-state index in [1.807, 2.05) is 18.2 Å². The topological polar surface area (TPSA) is 35.2 Å². The molecule has 1 aliphatic carbocycles. The van der Waals surface area contributed by atoms with Gasteiger partial charge in [-0.2, -0.15) is 0 Å². The molecule has 0 heterocycles. The van der Waals surface area contributed by atoms with Crippen molar-refractivity contribution in [3.8, 4) is 5.75 Å². The Morgan fingerprint density at radius 1 is 1.22 bits per heavy atom. The first kappa shape index (κ1) is 13.7. The minimum atomic E-state index is 0.315. The van der Waals surface area contributed by atoms with Gasteiger partial charge in [-0.1, -0.05) is 25.4 Å². The number of nitrogens with two attached hydrogens (primary N) is 1. The Balaban J connectivity index is 2.08. The van der Waals surface area contributed by atoms with Gasteiger partial charge in [0.25, 0.3) is 0 Å². The fourth-order valence-corrected chi connectivity index (χ4v) is 3.17. The molecule has 100 valence electrons. The van der Waals surface area contributed by atoms with E-state index in [-0.39, 0.29) is 0 Å². The fourth-order valence-electron chi connectivity index (χ4n) is 2.97. The molecule has 1 aromatic rings. The number of benzene rings is 1. The monoisotopic (exact) mass is 267 g/mol. The average Bonchev–Trinajstić information content (AvgIpc) is 2.30. The summed E-state index contributed by atoms with van der Waals surface area (Å²) in [5.74, 6) is 2.38. The molecule has 18 heavy (non-hydrogen) atoms. The van der Waals surface area contributed by atoms with Crippen LogP contribution in [0.4, 0.5) is 0 Å². The Hall–Kier alpha value is -0.730. The summed E-state index contributed by atoms with van der Waals surface area (Å²) in [7, 11) is 0. The number of rotatable bonds is 3. The third-order valence-corrected chi connectivity index (χ3v) is 3.91. The van der Waals surface area contributed by atoms with Crippen molar-refractivity contribution in [2.75, 3.05) is 0 Å². The minimum absolute atomic E-state index is 0.315. The molecule has 1 fully saturated rings. The number of ether oxygens (including phenoxy) is 1. The lowest BCUT2D eigenvalue weighted by molar-refractivity contribution is 0.100. The Morgan fingerprint density at radius 2 is 1.89 bits per heavy atom. The van der Waals surface area contributed by atoms with Gasteiger partial charge in [0.2, 0.25) is 0 Å². The lowest BCUT2D eigenvalue weighted by atomic mass is 9.82. The van der Waals surface area contributed by atoms with Crippen molar-refractivity contribution in [2.24, 2.45) is 17.6 Å². The molecule has 2 rings (SSSR count). The number of hydrogen-bond donors (Lipinski definition) is 1. The van der Waals surface area contributed by atoms with Gasteiger partial charge < -0.3 is 10.5 Å². The summed E-state index contributed by atoms with van der Waals surface area (Å²) < 4.78 is 6.13. The second-order valence-electron chi connectivity index (χ2n) is 5.61. The predicted octanol–water partition coefficient (Wildman–Crippen LogP) is 4.00. The van der Waals surface area contributed by atoms with Crippen molar-refractivity contribution in [1.82, 2.24) is 0 Å². The molecule has 2 N–H and O–H groups in total. The zero-order valence-electron chi connectivity index (χ0n) is 11.2. The van der Waals surface area contributed by atoms with Crippen molar-refractivity contribution >= 4 is 11.6 Å². The van der Waals surface area contributed by atoms with Crippen LogP contribution in [0.15, 0.2) is 18.2 Å². The molecule has 2 unspecified atom stereocenters. The molecule has 2 nitrogen and oxygen atoms in total. The standard InChI is InChI=1S/C15H22ClNO/c1-10-5-11(2)7-14(6-10)18-15-4-3-13(16)8-12(15)9-17/h3-4,8,10-11,14H,5-7,9,17H2,1-2H3. The molecule has 1 aliphatic rings. The van der Waals surface area contributed by atoms with Crippen LogP contribution in [0.1, 0.15) is 38.7 Å². The van der Waals surface area contributed by atoms with Gasteiger partial charge in [-0.25, -0.2) is 0 Å². The second kappa shape index (κ2) is 5.94. The first-order chi connectivity index (χ1) is 8.58. The van der Waals surface area contributed by atoms with E-state index in [1.54, 1.807) is 0 Å². The van der Waals surface area contributed by atoms with E-state index < -0.39 is 0 Å². The number of hydrogen-bond acceptors (Lipinski definition) is 2. The summed E-state index contributed by atoms with van der Waals surface area (Å²) in [5.41, 5.74) is 6.73. The van der Waals surface area contributed by atoms with E-state index in [0.717, 1.165) is 36.0 Å².